The van der Waals surface area contributed by atoms with Crippen molar-refractivity contribution in [1.82, 2.24) is 9.55 Å². The van der Waals surface area contributed by atoms with Crippen LogP contribution in [0.2, 0.25) is 0 Å². The van der Waals surface area contributed by atoms with Crippen LogP contribution in [0.3, 0.4) is 0 Å². The number of aryl methyl sites for hydroxylation is 3. The Labute approximate surface area is 164 Å². The summed E-state index contributed by atoms with van der Waals surface area (Å²) in [5.74, 6) is 0.954. The van der Waals surface area contributed by atoms with Gasteiger partial charge in [-0.15, -0.1) is 0 Å². The second kappa shape index (κ2) is 11.8. The lowest BCUT2D eigenvalue weighted by Gasteiger charge is -2.00. The van der Waals surface area contributed by atoms with E-state index < -0.39 is 0 Å². The van der Waals surface area contributed by atoms with Crippen molar-refractivity contribution in [3.63, 3.8) is 0 Å². The molecule has 0 bridgehead atoms. The molecule has 0 aliphatic rings. The number of carbonyl (C=O) groups excluding carboxylic acids is 1. The van der Waals surface area contributed by atoms with Gasteiger partial charge in [-0.1, -0.05) is 80.9 Å². The standard InChI is InChI=1S/C13H12.C9H14N2O.C2H6/c1-11-7-9-13(10-8-11)12-5-3-2-4-6-12;1-4-5-11-6-9(7(2)12)10-8(11)3;1-2/h2-10H,1H3;6H,4-5H2,1-3H3;1-2H3. The summed E-state index contributed by atoms with van der Waals surface area (Å²) < 4.78 is 2.01. The average Bonchev–Trinajstić information content (AvgIpc) is 3.07. The summed E-state index contributed by atoms with van der Waals surface area (Å²) in [4.78, 5) is 15.1. The summed E-state index contributed by atoms with van der Waals surface area (Å²) in [6.45, 7) is 12.6. The summed E-state index contributed by atoms with van der Waals surface area (Å²) in [6.07, 6.45) is 2.88. The molecular formula is C24H32N2O. The number of Topliss-reactive ketones (excluding diaryl/α,β-unsaturated/α-hetero) is 1. The molecule has 0 aliphatic carbocycles. The monoisotopic (exact) mass is 364 g/mol. The van der Waals surface area contributed by atoms with Crippen LogP contribution in [0.5, 0.6) is 0 Å². The number of benzene rings is 2. The Balaban J connectivity index is 0.000000248. The minimum absolute atomic E-state index is 0.0351. The largest absolute Gasteiger partial charge is 0.334 e. The maximum atomic E-state index is 10.9. The Morgan fingerprint density at radius 1 is 0.926 bits per heavy atom. The predicted molar refractivity (Wildman–Crippen MR) is 115 cm³/mol. The molecule has 2 aromatic carbocycles. The third kappa shape index (κ3) is 7.22. The molecule has 0 saturated carbocycles. The minimum Gasteiger partial charge on any atom is -0.334 e. The van der Waals surface area contributed by atoms with Crippen LogP contribution in [0.15, 0.2) is 60.8 Å². The molecule has 0 fully saturated rings. The first kappa shape index (κ1) is 22.4. The van der Waals surface area contributed by atoms with Gasteiger partial charge in [0.25, 0.3) is 0 Å². The number of hydrogen-bond acceptors (Lipinski definition) is 2. The molecule has 0 radical (unpaired) electrons. The summed E-state index contributed by atoms with van der Waals surface area (Å²) in [5, 5.41) is 0. The van der Waals surface area contributed by atoms with Crippen LogP contribution < -0.4 is 0 Å². The highest BCUT2D eigenvalue weighted by Crippen LogP contribution is 2.18. The molecule has 0 atom stereocenters. The van der Waals surface area contributed by atoms with E-state index in [2.05, 4.69) is 67.4 Å². The fourth-order valence-electron chi connectivity index (χ4n) is 2.52. The van der Waals surface area contributed by atoms with E-state index in [0.717, 1.165) is 18.8 Å². The highest BCUT2D eigenvalue weighted by Gasteiger charge is 2.06. The summed E-state index contributed by atoms with van der Waals surface area (Å²) in [6, 6.07) is 19.0. The Hall–Kier alpha value is -2.68. The fourth-order valence-corrected chi connectivity index (χ4v) is 2.52. The van der Waals surface area contributed by atoms with Crippen molar-refractivity contribution in [2.24, 2.45) is 0 Å². The number of rotatable bonds is 4. The molecule has 3 rings (SSSR count). The van der Waals surface area contributed by atoms with E-state index in [9.17, 15) is 4.79 Å². The number of aromatic nitrogens is 2. The molecule has 0 N–H and O–H groups in total. The van der Waals surface area contributed by atoms with E-state index in [1.54, 1.807) is 0 Å². The van der Waals surface area contributed by atoms with Crippen LogP contribution in [0.4, 0.5) is 0 Å². The van der Waals surface area contributed by atoms with Crippen LogP contribution in [0.1, 0.15) is 56.0 Å². The Bertz CT molecular complexity index is 802. The van der Waals surface area contributed by atoms with Gasteiger partial charge in [0.05, 0.1) is 0 Å². The molecular weight excluding hydrogens is 332 g/mol. The van der Waals surface area contributed by atoms with Gasteiger partial charge in [-0.2, -0.15) is 0 Å². The third-order valence-electron chi connectivity index (χ3n) is 3.96. The van der Waals surface area contributed by atoms with E-state index in [0.29, 0.717) is 5.69 Å². The lowest BCUT2D eigenvalue weighted by atomic mass is 10.0. The first-order chi connectivity index (χ1) is 13.0. The van der Waals surface area contributed by atoms with E-state index in [1.165, 1.54) is 23.6 Å². The lowest BCUT2D eigenvalue weighted by molar-refractivity contribution is 0.101. The molecule has 0 saturated heterocycles. The first-order valence-electron chi connectivity index (χ1n) is 9.68. The molecule has 3 nitrogen and oxygen atoms in total. The first-order valence-corrected chi connectivity index (χ1v) is 9.68. The van der Waals surface area contributed by atoms with E-state index in [4.69, 9.17) is 0 Å². The van der Waals surface area contributed by atoms with Gasteiger partial charge in [0.15, 0.2) is 5.78 Å². The van der Waals surface area contributed by atoms with Crippen LogP contribution in [0.25, 0.3) is 11.1 Å². The number of carbonyl (C=O) groups is 1. The third-order valence-corrected chi connectivity index (χ3v) is 3.96. The molecule has 0 amide bonds. The van der Waals surface area contributed by atoms with Gasteiger partial charge in [-0.25, -0.2) is 4.98 Å². The molecule has 1 aromatic heterocycles. The van der Waals surface area contributed by atoms with Crippen molar-refractivity contribution in [3.05, 3.63) is 77.9 Å². The van der Waals surface area contributed by atoms with Gasteiger partial charge < -0.3 is 4.57 Å². The topological polar surface area (TPSA) is 34.9 Å². The maximum absolute atomic E-state index is 10.9. The quantitative estimate of drug-likeness (QED) is 0.496. The summed E-state index contributed by atoms with van der Waals surface area (Å²) in [5.41, 5.74) is 4.44. The zero-order valence-electron chi connectivity index (χ0n) is 17.5. The molecule has 1 heterocycles. The van der Waals surface area contributed by atoms with Crippen molar-refractivity contribution in [1.29, 1.82) is 0 Å². The smallest absolute Gasteiger partial charge is 0.179 e. The van der Waals surface area contributed by atoms with Gasteiger partial charge in [0.2, 0.25) is 0 Å². The number of nitrogens with zero attached hydrogens (tertiary/aromatic N) is 2. The average molecular weight is 365 g/mol. The zero-order chi connectivity index (χ0) is 20.2. The van der Waals surface area contributed by atoms with Crippen molar-refractivity contribution < 1.29 is 4.79 Å². The van der Waals surface area contributed by atoms with Crippen molar-refractivity contribution >= 4 is 5.78 Å². The Kier molecular flexibility index (Phi) is 9.81. The Morgan fingerprint density at radius 3 is 1.96 bits per heavy atom. The van der Waals surface area contributed by atoms with Crippen LogP contribution >= 0.6 is 0 Å². The highest BCUT2D eigenvalue weighted by molar-refractivity contribution is 5.91. The molecule has 144 valence electrons. The second-order valence-corrected chi connectivity index (χ2v) is 6.15. The molecule has 0 aliphatic heterocycles. The van der Waals surface area contributed by atoms with Gasteiger partial charge in [-0.3, -0.25) is 4.79 Å². The van der Waals surface area contributed by atoms with Crippen LogP contribution in [-0.2, 0) is 6.54 Å². The van der Waals surface area contributed by atoms with Gasteiger partial charge >= 0.3 is 0 Å². The number of hydrogen-bond donors (Lipinski definition) is 0. The zero-order valence-corrected chi connectivity index (χ0v) is 17.5. The number of ketones is 1. The SMILES string of the molecule is CC.CCCn1cc(C(C)=O)nc1C.Cc1ccc(-c2ccccc2)cc1. The van der Waals surface area contributed by atoms with Crippen molar-refractivity contribution in [2.75, 3.05) is 0 Å². The van der Waals surface area contributed by atoms with Gasteiger partial charge in [-0.05, 0) is 31.4 Å². The van der Waals surface area contributed by atoms with Crippen molar-refractivity contribution in [3.8, 4) is 11.1 Å². The molecule has 27 heavy (non-hydrogen) atoms. The van der Waals surface area contributed by atoms with E-state index in [-0.39, 0.29) is 5.78 Å². The molecule has 0 spiro atoms. The molecule has 3 aromatic rings. The number of imidazole rings is 1. The van der Waals surface area contributed by atoms with E-state index in [1.807, 2.05) is 37.6 Å². The van der Waals surface area contributed by atoms with Crippen LogP contribution in [-0.4, -0.2) is 15.3 Å². The minimum atomic E-state index is 0.0351. The normalized spacial score (nSPS) is 9.56. The second-order valence-electron chi connectivity index (χ2n) is 6.15. The molecule has 3 heteroatoms. The summed E-state index contributed by atoms with van der Waals surface area (Å²) >= 11 is 0. The molecule has 0 unspecified atom stereocenters. The maximum Gasteiger partial charge on any atom is 0.179 e. The summed E-state index contributed by atoms with van der Waals surface area (Å²) in [7, 11) is 0. The fraction of sp³-hybridized carbons (Fsp3) is 0.333. The van der Waals surface area contributed by atoms with E-state index >= 15 is 0 Å². The predicted octanol–water partition coefficient (Wildman–Crippen LogP) is 6.49. The van der Waals surface area contributed by atoms with Gasteiger partial charge in [0, 0.05) is 19.7 Å². The van der Waals surface area contributed by atoms with Gasteiger partial charge in [0.1, 0.15) is 11.5 Å². The van der Waals surface area contributed by atoms with Crippen LogP contribution in [0, 0.1) is 13.8 Å². The lowest BCUT2D eigenvalue weighted by Crippen LogP contribution is -1.96. The Morgan fingerprint density at radius 2 is 1.48 bits per heavy atom. The highest BCUT2D eigenvalue weighted by atomic mass is 16.1. The van der Waals surface area contributed by atoms with Crippen molar-refractivity contribution in [2.45, 2.75) is 54.5 Å².